The molecule has 0 spiro atoms. The van der Waals surface area contributed by atoms with Gasteiger partial charge >= 0.3 is 6.18 Å². The number of alkyl halides is 3. The third-order valence-corrected chi connectivity index (χ3v) is 4.39. The highest BCUT2D eigenvalue weighted by molar-refractivity contribution is 4.91. The molecular formula is C13H21F3O. The van der Waals surface area contributed by atoms with Gasteiger partial charge in [-0.15, -0.1) is 0 Å². The van der Waals surface area contributed by atoms with Crippen molar-refractivity contribution in [1.29, 1.82) is 0 Å². The Labute approximate surface area is 101 Å². The van der Waals surface area contributed by atoms with Gasteiger partial charge in [-0.1, -0.05) is 25.7 Å². The Hall–Kier alpha value is -0.250. The molecular weight excluding hydrogens is 229 g/mol. The highest BCUT2D eigenvalue weighted by Crippen LogP contribution is 2.46. The van der Waals surface area contributed by atoms with E-state index in [2.05, 4.69) is 0 Å². The molecule has 0 bridgehead atoms. The molecule has 1 nitrogen and oxygen atoms in total. The fraction of sp³-hybridized carbons (Fsp3) is 1.00. The van der Waals surface area contributed by atoms with Gasteiger partial charge in [-0.05, 0) is 38.0 Å². The molecule has 0 radical (unpaired) electrons. The van der Waals surface area contributed by atoms with Gasteiger partial charge in [0.05, 0.1) is 5.60 Å². The Balaban J connectivity index is 1.82. The second kappa shape index (κ2) is 4.79. The summed E-state index contributed by atoms with van der Waals surface area (Å²) in [6, 6.07) is 0. The molecule has 0 N–H and O–H groups in total. The van der Waals surface area contributed by atoms with E-state index in [1.807, 2.05) is 6.92 Å². The van der Waals surface area contributed by atoms with Crippen LogP contribution in [0.2, 0.25) is 0 Å². The quantitative estimate of drug-likeness (QED) is 0.725. The smallest absolute Gasteiger partial charge is 0.366 e. The van der Waals surface area contributed by atoms with Crippen molar-refractivity contribution in [2.45, 2.75) is 63.6 Å². The highest BCUT2D eigenvalue weighted by Gasteiger charge is 2.42. The topological polar surface area (TPSA) is 9.23 Å². The standard InChI is InChI=1S/C13H21F3O/c1-12(17-9-13(14,15)16)7-6-11(8-12)10-4-2-3-5-10/h10-11H,2-9H2,1H3. The van der Waals surface area contributed by atoms with E-state index in [0.29, 0.717) is 5.92 Å². The van der Waals surface area contributed by atoms with E-state index >= 15 is 0 Å². The maximum Gasteiger partial charge on any atom is 0.411 e. The lowest BCUT2D eigenvalue weighted by molar-refractivity contribution is -0.202. The summed E-state index contributed by atoms with van der Waals surface area (Å²) in [5.41, 5.74) is -0.539. The van der Waals surface area contributed by atoms with Crippen LogP contribution in [0.3, 0.4) is 0 Å². The van der Waals surface area contributed by atoms with Gasteiger partial charge in [0, 0.05) is 0 Å². The summed E-state index contributed by atoms with van der Waals surface area (Å²) in [5, 5.41) is 0. The Morgan fingerprint density at radius 2 is 1.76 bits per heavy atom. The van der Waals surface area contributed by atoms with Crippen molar-refractivity contribution in [3.8, 4) is 0 Å². The summed E-state index contributed by atoms with van der Waals surface area (Å²) >= 11 is 0. The maximum atomic E-state index is 12.2. The first-order valence-electron chi connectivity index (χ1n) is 6.59. The summed E-state index contributed by atoms with van der Waals surface area (Å²) in [6.07, 6.45) is 3.55. The zero-order chi connectivity index (χ0) is 12.5. The molecule has 2 aliphatic rings. The molecule has 0 heterocycles. The van der Waals surface area contributed by atoms with Gasteiger partial charge < -0.3 is 4.74 Å². The molecule has 2 saturated carbocycles. The van der Waals surface area contributed by atoms with Crippen LogP contribution >= 0.6 is 0 Å². The van der Waals surface area contributed by atoms with Crippen LogP contribution in [0.15, 0.2) is 0 Å². The lowest BCUT2D eigenvalue weighted by Gasteiger charge is -2.27. The SMILES string of the molecule is CC1(OCC(F)(F)F)CCC(C2CCCC2)C1. The number of hydrogen-bond acceptors (Lipinski definition) is 1. The van der Waals surface area contributed by atoms with Gasteiger partial charge in [-0.2, -0.15) is 13.2 Å². The Bertz CT molecular complexity index is 258. The van der Waals surface area contributed by atoms with Crippen molar-refractivity contribution >= 4 is 0 Å². The lowest BCUT2D eigenvalue weighted by atomic mass is 9.88. The van der Waals surface area contributed by atoms with E-state index in [-0.39, 0.29) is 0 Å². The second-order valence-corrected chi connectivity index (χ2v) is 5.90. The van der Waals surface area contributed by atoms with Crippen LogP contribution in [0.4, 0.5) is 13.2 Å². The normalized spacial score (nSPS) is 35.6. The van der Waals surface area contributed by atoms with Gasteiger partial charge in [0.15, 0.2) is 0 Å². The molecule has 4 heteroatoms. The van der Waals surface area contributed by atoms with E-state index in [1.54, 1.807) is 0 Å². The van der Waals surface area contributed by atoms with Gasteiger partial charge in [0.2, 0.25) is 0 Å². The summed E-state index contributed by atoms with van der Waals surface area (Å²) in [6.45, 7) is 0.745. The molecule has 17 heavy (non-hydrogen) atoms. The minimum Gasteiger partial charge on any atom is -0.366 e. The third kappa shape index (κ3) is 3.60. The third-order valence-electron chi connectivity index (χ3n) is 4.39. The molecule has 2 unspecified atom stereocenters. The van der Waals surface area contributed by atoms with Crippen LogP contribution in [0.5, 0.6) is 0 Å². The van der Waals surface area contributed by atoms with E-state index < -0.39 is 18.4 Å². The minimum atomic E-state index is -4.20. The molecule has 0 aromatic carbocycles. The molecule has 100 valence electrons. The maximum absolute atomic E-state index is 12.2. The first-order chi connectivity index (χ1) is 7.88. The number of rotatable bonds is 3. The largest absolute Gasteiger partial charge is 0.411 e. The number of ether oxygens (including phenoxy) is 1. The van der Waals surface area contributed by atoms with Crippen LogP contribution in [-0.4, -0.2) is 18.4 Å². The molecule has 0 aliphatic heterocycles. The predicted molar refractivity (Wildman–Crippen MR) is 59.7 cm³/mol. The Morgan fingerprint density at radius 3 is 2.35 bits per heavy atom. The van der Waals surface area contributed by atoms with Crippen LogP contribution in [0.1, 0.15) is 51.9 Å². The van der Waals surface area contributed by atoms with E-state index in [4.69, 9.17) is 4.74 Å². The van der Waals surface area contributed by atoms with E-state index in [9.17, 15) is 13.2 Å². The van der Waals surface area contributed by atoms with Gasteiger partial charge in [0.25, 0.3) is 0 Å². The molecule has 0 amide bonds. The summed E-state index contributed by atoms with van der Waals surface area (Å²) in [5.74, 6) is 1.34. The summed E-state index contributed by atoms with van der Waals surface area (Å²) < 4.78 is 41.6. The highest BCUT2D eigenvalue weighted by atomic mass is 19.4. The van der Waals surface area contributed by atoms with Crippen LogP contribution in [0.25, 0.3) is 0 Å². The first-order valence-corrected chi connectivity index (χ1v) is 6.59. The molecule has 0 aromatic heterocycles. The Morgan fingerprint density at radius 1 is 1.12 bits per heavy atom. The number of hydrogen-bond donors (Lipinski definition) is 0. The molecule has 2 atom stereocenters. The monoisotopic (exact) mass is 250 g/mol. The first kappa shape index (κ1) is 13.2. The summed E-state index contributed by atoms with van der Waals surface area (Å²) in [7, 11) is 0. The van der Waals surface area contributed by atoms with Gasteiger partial charge in [-0.3, -0.25) is 0 Å². The van der Waals surface area contributed by atoms with Crippen molar-refractivity contribution in [3.05, 3.63) is 0 Å². The van der Waals surface area contributed by atoms with E-state index in [0.717, 1.165) is 25.2 Å². The van der Waals surface area contributed by atoms with Crippen LogP contribution in [-0.2, 0) is 4.74 Å². The van der Waals surface area contributed by atoms with Crippen molar-refractivity contribution in [2.75, 3.05) is 6.61 Å². The summed E-state index contributed by atoms with van der Waals surface area (Å²) in [4.78, 5) is 0. The predicted octanol–water partition coefficient (Wildman–Crippen LogP) is 4.31. The Kier molecular flexibility index (Phi) is 3.71. The van der Waals surface area contributed by atoms with Crippen LogP contribution < -0.4 is 0 Å². The van der Waals surface area contributed by atoms with E-state index in [1.165, 1.54) is 25.7 Å². The second-order valence-electron chi connectivity index (χ2n) is 5.90. The van der Waals surface area contributed by atoms with Gasteiger partial charge in [0.1, 0.15) is 6.61 Å². The molecule has 2 rings (SSSR count). The van der Waals surface area contributed by atoms with Crippen molar-refractivity contribution < 1.29 is 17.9 Å². The zero-order valence-electron chi connectivity index (χ0n) is 10.4. The average molecular weight is 250 g/mol. The average Bonchev–Trinajstić information content (AvgIpc) is 2.83. The molecule has 0 aromatic rings. The van der Waals surface area contributed by atoms with Crippen molar-refractivity contribution in [3.63, 3.8) is 0 Å². The molecule has 2 aliphatic carbocycles. The number of halogens is 3. The van der Waals surface area contributed by atoms with Gasteiger partial charge in [-0.25, -0.2) is 0 Å². The fourth-order valence-corrected chi connectivity index (χ4v) is 3.47. The lowest BCUT2D eigenvalue weighted by Crippen LogP contribution is -2.31. The minimum absolute atomic E-state index is 0.539. The van der Waals surface area contributed by atoms with Crippen molar-refractivity contribution in [1.82, 2.24) is 0 Å². The van der Waals surface area contributed by atoms with Crippen molar-refractivity contribution in [2.24, 2.45) is 11.8 Å². The zero-order valence-corrected chi connectivity index (χ0v) is 10.4. The molecule has 2 fully saturated rings. The van der Waals surface area contributed by atoms with Crippen LogP contribution in [0, 0.1) is 11.8 Å². The fourth-order valence-electron chi connectivity index (χ4n) is 3.47. The molecule has 0 saturated heterocycles.